The van der Waals surface area contributed by atoms with Crippen LogP contribution in [0.15, 0.2) is 4.52 Å². The van der Waals surface area contributed by atoms with E-state index >= 15 is 0 Å². The van der Waals surface area contributed by atoms with Crippen LogP contribution < -0.4 is 10.6 Å². The Hall–Kier alpha value is -1.43. The second-order valence-electron chi connectivity index (χ2n) is 5.44. The third kappa shape index (κ3) is 3.53. The molecule has 1 aliphatic carbocycles. The zero-order valence-electron chi connectivity index (χ0n) is 11.0. The molecule has 6 nitrogen and oxygen atoms in total. The molecule has 1 aromatic heterocycles. The summed E-state index contributed by atoms with van der Waals surface area (Å²) in [7, 11) is 0. The number of carbonyl (C=O) groups excluding carboxylic acids is 1. The van der Waals surface area contributed by atoms with E-state index in [1.165, 1.54) is 19.3 Å². The zero-order valence-corrected chi connectivity index (χ0v) is 11.0. The first-order valence-corrected chi connectivity index (χ1v) is 7.18. The Bertz CT molecular complexity index is 436. The Morgan fingerprint density at radius 3 is 3.00 bits per heavy atom. The number of piperidine rings is 1. The number of rotatable bonds is 5. The molecule has 0 aromatic carbocycles. The first-order valence-electron chi connectivity index (χ1n) is 7.18. The highest BCUT2D eigenvalue weighted by molar-refractivity contribution is 5.90. The van der Waals surface area contributed by atoms with Crippen molar-refractivity contribution in [3.63, 3.8) is 0 Å². The fraction of sp³-hybridized carbons (Fsp3) is 0.769. The summed E-state index contributed by atoms with van der Waals surface area (Å²) in [6, 6.07) is 0.866. The third-order valence-electron chi connectivity index (χ3n) is 3.70. The molecule has 1 saturated heterocycles. The summed E-state index contributed by atoms with van der Waals surface area (Å²) in [4.78, 5) is 15.9. The van der Waals surface area contributed by atoms with Gasteiger partial charge in [-0.15, -0.1) is 0 Å². The van der Waals surface area contributed by atoms with Gasteiger partial charge in [-0.25, -0.2) is 0 Å². The summed E-state index contributed by atoms with van der Waals surface area (Å²) in [6.07, 6.45) is 7.61. The number of aryl methyl sites for hydroxylation is 1. The molecule has 1 saturated carbocycles. The summed E-state index contributed by atoms with van der Waals surface area (Å²) in [6.45, 7) is 1.10. The normalized spacial score (nSPS) is 23.3. The molecule has 1 atom stereocenters. The maximum atomic E-state index is 11.7. The lowest BCUT2D eigenvalue weighted by molar-refractivity contribution is 0.0937. The molecular formula is C13H20N4O2. The molecule has 19 heavy (non-hydrogen) atoms. The fourth-order valence-corrected chi connectivity index (χ4v) is 2.39. The molecule has 2 N–H and O–H groups in total. The minimum atomic E-state index is -0.215. The Morgan fingerprint density at radius 1 is 1.37 bits per heavy atom. The van der Waals surface area contributed by atoms with E-state index in [1.54, 1.807) is 0 Å². The number of carbonyl (C=O) groups is 1. The zero-order chi connectivity index (χ0) is 13.1. The van der Waals surface area contributed by atoms with Gasteiger partial charge in [0, 0.05) is 18.5 Å². The van der Waals surface area contributed by atoms with Crippen LogP contribution in [0.5, 0.6) is 0 Å². The van der Waals surface area contributed by atoms with Crippen molar-refractivity contribution in [3.05, 3.63) is 11.7 Å². The second kappa shape index (κ2) is 5.69. The SMILES string of the molecule is O=C(NC1CC1)c1noc(CCC2CCCCN2)n1. The number of amides is 1. The van der Waals surface area contributed by atoms with Crippen LogP contribution in [0.4, 0.5) is 0 Å². The average molecular weight is 264 g/mol. The summed E-state index contributed by atoms with van der Waals surface area (Å²) < 4.78 is 5.13. The van der Waals surface area contributed by atoms with Gasteiger partial charge in [-0.1, -0.05) is 11.6 Å². The van der Waals surface area contributed by atoms with Crippen LogP contribution in [0, 0.1) is 0 Å². The lowest BCUT2D eigenvalue weighted by Gasteiger charge is -2.22. The molecule has 0 radical (unpaired) electrons. The van der Waals surface area contributed by atoms with E-state index in [9.17, 15) is 4.79 Å². The number of nitrogens with one attached hydrogen (secondary N) is 2. The van der Waals surface area contributed by atoms with Crippen molar-refractivity contribution >= 4 is 5.91 Å². The number of hydrogen-bond acceptors (Lipinski definition) is 5. The largest absolute Gasteiger partial charge is 0.346 e. The van der Waals surface area contributed by atoms with Crippen LogP contribution in [-0.4, -0.2) is 34.7 Å². The van der Waals surface area contributed by atoms with E-state index < -0.39 is 0 Å². The number of aromatic nitrogens is 2. The first kappa shape index (κ1) is 12.6. The van der Waals surface area contributed by atoms with Crippen molar-refractivity contribution in [1.29, 1.82) is 0 Å². The van der Waals surface area contributed by atoms with E-state index in [0.717, 1.165) is 32.2 Å². The van der Waals surface area contributed by atoms with Crippen LogP contribution in [-0.2, 0) is 6.42 Å². The highest BCUT2D eigenvalue weighted by atomic mass is 16.5. The maximum Gasteiger partial charge on any atom is 0.292 e. The molecule has 2 aliphatic rings. The molecule has 104 valence electrons. The Balaban J connectivity index is 1.48. The fourth-order valence-electron chi connectivity index (χ4n) is 2.39. The maximum absolute atomic E-state index is 11.7. The van der Waals surface area contributed by atoms with Crippen LogP contribution >= 0.6 is 0 Å². The van der Waals surface area contributed by atoms with Gasteiger partial charge in [-0.2, -0.15) is 4.98 Å². The van der Waals surface area contributed by atoms with Gasteiger partial charge in [0.25, 0.3) is 11.7 Å². The molecule has 6 heteroatoms. The molecule has 0 bridgehead atoms. The van der Waals surface area contributed by atoms with Gasteiger partial charge in [0.15, 0.2) is 0 Å². The Labute approximate surface area is 112 Å². The lowest BCUT2D eigenvalue weighted by Crippen LogP contribution is -2.34. The highest BCUT2D eigenvalue weighted by Gasteiger charge is 2.26. The molecule has 3 rings (SSSR count). The minimum absolute atomic E-state index is 0.165. The molecule has 1 aliphatic heterocycles. The van der Waals surface area contributed by atoms with Crippen molar-refractivity contribution in [2.75, 3.05) is 6.54 Å². The van der Waals surface area contributed by atoms with Gasteiger partial charge in [0.05, 0.1) is 0 Å². The molecular weight excluding hydrogens is 244 g/mol. The molecule has 1 aromatic rings. The van der Waals surface area contributed by atoms with Crippen molar-refractivity contribution in [2.45, 2.75) is 57.0 Å². The quantitative estimate of drug-likeness (QED) is 0.830. The standard InChI is InChI=1S/C13H20N4O2/c18-13(15-10-4-5-10)12-16-11(19-17-12)7-6-9-3-1-2-8-14-9/h9-10,14H,1-8H2,(H,15,18). The monoisotopic (exact) mass is 264 g/mol. The van der Waals surface area contributed by atoms with Crippen LogP contribution in [0.1, 0.15) is 55.0 Å². The van der Waals surface area contributed by atoms with Gasteiger partial charge in [0.1, 0.15) is 0 Å². The molecule has 1 unspecified atom stereocenters. The average Bonchev–Trinajstić information content (AvgIpc) is 3.12. The highest BCUT2D eigenvalue weighted by Crippen LogP contribution is 2.19. The first-order chi connectivity index (χ1) is 9.31. The molecule has 2 heterocycles. The molecule has 0 spiro atoms. The second-order valence-corrected chi connectivity index (χ2v) is 5.44. The third-order valence-corrected chi connectivity index (χ3v) is 3.70. The molecule has 2 fully saturated rings. The number of hydrogen-bond donors (Lipinski definition) is 2. The molecule has 1 amide bonds. The summed E-state index contributed by atoms with van der Waals surface area (Å²) in [5.74, 6) is 0.514. The van der Waals surface area contributed by atoms with Gasteiger partial charge < -0.3 is 15.2 Å². The Morgan fingerprint density at radius 2 is 2.26 bits per heavy atom. The predicted molar refractivity (Wildman–Crippen MR) is 68.7 cm³/mol. The Kier molecular flexibility index (Phi) is 3.77. The van der Waals surface area contributed by atoms with Crippen molar-refractivity contribution in [2.24, 2.45) is 0 Å². The van der Waals surface area contributed by atoms with E-state index in [-0.39, 0.29) is 11.7 Å². The topological polar surface area (TPSA) is 80.0 Å². The van der Waals surface area contributed by atoms with Crippen molar-refractivity contribution < 1.29 is 9.32 Å². The summed E-state index contributed by atoms with van der Waals surface area (Å²) in [5, 5.41) is 10.1. The van der Waals surface area contributed by atoms with E-state index in [4.69, 9.17) is 4.52 Å². The lowest BCUT2D eigenvalue weighted by atomic mass is 10.0. The van der Waals surface area contributed by atoms with Gasteiger partial charge in [0.2, 0.25) is 5.89 Å². The van der Waals surface area contributed by atoms with Gasteiger partial charge in [-0.05, 0) is 38.6 Å². The van der Waals surface area contributed by atoms with Gasteiger partial charge in [-0.3, -0.25) is 4.79 Å². The number of nitrogens with zero attached hydrogens (tertiary/aromatic N) is 2. The van der Waals surface area contributed by atoms with Crippen LogP contribution in [0.3, 0.4) is 0 Å². The van der Waals surface area contributed by atoms with Crippen molar-refractivity contribution in [1.82, 2.24) is 20.8 Å². The van der Waals surface area contributed by atoms with Gasteiger partial charge >= 0.3 is 0 Å². The predicted octanol–water partition coefficient (Wildman–Crippen LogP) is 1.04. The summed E-state index contributed by atoms with van der Waals surface area (Å²) >= 11 is 0. The minimum Gasteiger partial charge on any atom is -0.346 e. The van der Waals surface area contributed by atoms with Crippen LogP contribution in [0.2, 0.25) is 0 Å². The summed E-state index contributed by atoms with van der Waals surface area (Å²) in [5.41, 5.74) is 0. The van der Waals surface area contributed by atoms with Crippen molar-refractivity contribution in [3.8, 4) is 0 Å². The van der Waals surface area contributed by atoms with E-state index in [2.05, 4.69) is 20.8 Å². The van der Waals surface area contributed by atoms with E-state index in [0.29, 0.717) is 18.0 Å². The smallest absolute Gasteiger partial charge is 0.292 e. The van der Waals surface area contributed by atoms with Crippen LogP contribution in [0.25, 0.3) is 0 Å². The van der Waals surface area contributed by atoms with E-state index in [1.807, 2.05) is 0 Å².